The normalized spacial score (nSPS) is 10.7. The predicted octanol–water partition coefficient (Wildman–Crippen LogP) is 2.12. The van der Waals surface area contributed by atoms with E-state index in [0.29, 0.717) is 0 Å². The molecule has 0 aromatic carbocycles. The van der Waals surface area contributed by atoms with Crippen molar-refractivity contribution in [2.75, 3.05) is 44.9 Å². The van der Waals surface area contributed by atoms with E-state index in [9.17, 15) is 0 Å². The minimum Gasteiger partial charge on any atom is -0.382 e. The fourth-order valence-electron chi connectivity index (χ4n) is 1.15. The maximum absolute atomic E-state index is 5.26. The van der Waals surface area contributed by atoms with Crippen LogP contribution >= 0.6 is 35.7 Å². The summed E-state index contributed by atoms with van der Waals surface area (Å²) in [5, 5.41) is 6.51. The summed E-state index contributed by atoms with van der Waals surface area (Å²) in [6, 6.07) is 0. The maximum atomic E-state index is 5.26. The Morgan fingerprint density at radius 1 is 1.39 bits per heavy atom. The van der Waals surface area contributed by atoms with Gasteiger partial charge >= 0.3 is 0 Å². The van der Waals surface area contributed by atoms with Gasteiger partial charge in [0.25, 0.3) is 0 Å². The number of hydrogen-bond donors (Lipinski definition) is 2. The van der Waals surface area contributed by atoms with E-state index in [4.69, 9.17) is 4.74 Å². The maximum Gasteiger partial charge on any atom is 0.191 e. The van der Waals surface area contributed by atoms with E-state index >= 15 is 0 Å². The van der Waals surface area contributed by atoms with Gasteiger partial charge in [-0.05, 0) is 13.3 Å². The highest BCUT2D eigenvalue weighted by Crippen LogP contribution is 1.96. The molecule has 0 aliphatic heterocycles. The smallest absolute Gasteiger partial charge is 0.191 e. The Morgan fingerprint density at radius 2 is 2.11 bits per heavy atom. The van der Waals surface area contributed by atoms with Gasteiger partial charge in [0.2, 0.25) is 0 Å². The third-order valence-electron chi connectivity index (χ3n) is 1.96. The standard InChI is InChI=1S/C12H25N3OS.HI/c1-4-10-17-11-8-15-12(13-3)14-7-6-9-16-5-2;/h4H,1,5-11H2,2-3H3,(H2,13,14,15);1H. The lowest BCUT2D eigenvalue weighted by Crippen LogP contribution is -2.39. The summed E-state index contributed by atoms with van der Waals surface area (Å²) in [5.74, 6) is 2.92. The molecule has 18 heavy (non-hydrogen) atoms. The molecule has 0 radical (unpaired) electrons. The quantitative estimate of drug-likeness (QED) is 0.198. The number of guanidine groups is 1. The van der Waals surface area contributed by atoms with Crippen LogP contribution in [0.5, 0.6) is 0 Å². The molecule has 0 saturated carbocycles. The molecule has 0 aromatic heterocycles. The largest absolute Gasteiger partial charge is 0.382 e. The monoisotopic (exact) mass is 387 g/mol. The number of hydrogen-bond acceptors (Lipinski definition) is 3. The van der Waals surface area contributed by atoms with Gasteiger partial charge in [0.05, 0.1) is 0 Å². The van der Waals surface area contributed by atoms with Crippen molar-refractivity contribution in [3.63, 3.8) is 0 Å². The molecule has 0 heterocycles. The van der Waals surface area contributed by atoms with Crippen molar-refractivity contribution < 1.29 is 4.74 Å². The average Bonchev–Trinajstić information content (AvgIpc) is 2.36. The number of thioether (sulfide) groups is 1. The van der Waals surface area contributed by atoms with E-state index < -0.39 is 0 Å². The van der Waals surface area contributed by atoms with E-state index in [2.05, 4.69) is 22.2 Å². The van der Waals surface area contributed by atoms with Crippen LogP contribution in [0.25, 0.3) is 0 Å². The third kappa shape index (κ3) is 14.1. The fourth-order valence-corrected chi connectivity index (χ4v) is 1.73. The van der Waals surface area contributed by atoms with E-state index in [1.54, 1.807) is 7.05 Å². The SMILES string of the molecule is C=CCSCCNC(=NC)NCCCOCC.I. The second-order valence-electron chi connectivity index (χ2n) is 3.34. The van der Waals surface area contributed by atoms with Gasteiger partial charge in [0.1, 0.15) is 0 Å². The van der Waals surface area contributed by atoms with Gasteiger partial charge in [0.15, 0.2) is 5.96 Å². The summed E-state index contributed by atoms with van der Waals surface area (Å²) in [6.45, 7) is 9.09. The highest BCUT2D eigenvalue weighted by atomic mass is 127. The molecule has 0 fully saturated rings. The van der Waals surface area contributed by atoms with E-state index in [0.717, 1.165) is 50.2 Å². The first-order chi connectivity index (χ1) is 8.35. The number of halogens is 1. The second-order valence-corrected chi connectivity index (χ2v) is 4.49. The van der Waals surface area contributed by atoms with Crippen molar-refractivity contribution in [2.45, 2.75) is 13.3 Å². The summed E-state index contributed by atoms with van der Waals surface area (Å²) < 4.78 is 5.26. The zero-order chi connectivity index (χ0) is 12.8. The van der Waals surface area contributed by atoms with Crippen LogP contribution in [0.1, 0.15) is 13.3 Å². The second kappa shape index (κ2) is 17.1. The van der Waals surface area contributed by atoms with Crippen LogP contribution in [0.15, 0.2) is 17.6 Å². The van der Waals surface area contributed by atoms with Gasteiger partial charge in [0, 0.05) is 44.9 Å². The highest BCUT2D eigenvalue weighted by molar-refractivity contribution is 14.0. The predicted molar refractivity (Wildman–Crippen MR) is 93.4 cm³/mol. The molecule has 0 aliphatic carbocycles. The Labute approximate surface area is 132 Å². The number of ether oxygens (including phenoxy) is 1. The Kier molecular flexibility index (Phi) is 19.3. The van der Waals surface area contributed by atoms with Crippen LogP contribution in [-0.4, -0.2) is 50.8 Å². The lowest BCUT2D eigenvalue weighted by molar-refractivity contribution is 0.145. The highest BCUT2D eigenvalue weighted by Gasteiger charge is 1.95. The average molecular weight is 387 g/mol. The van der Waals surface area contributed by atoms with Crippen molar-refractivity contribution in [3.8, 4) is 0 Å². The number of aliphatic imine (C=N–C) groups is 1. The zero-order valence-electron chi connectivity index (χ0n) is 11.4. The van der Waals surface area contributed by atoms with Crippen LogP contribution in [0.4, 0.5) is 0 Å². The van der Waals surface area contributed by atoms with Crippen molar-refractivity contribution in [3.05, 3.63) is 12.7 Å². The van der Waals surface area contributed by atoms with Gasteiger partial charge in [-0.1, -0.05) is 6.08 Å². The Hall–Kier alpha value is 0.0500. The summed E-state index contributed by atoms with van der Waals surface area (Å²) in [6.07, 6.45) is 2.92. The summed E-state index contributed by atoms with van der Waals surface area (Å²) >= 11 is 1.86. The molecule has 0 amide bonds. The molecule has 0 aliphatic rings. The Morgan fingerprint density at radius 3 is 2.72 bits per heavy atom. The third-order valence-corrected chi connectivity index (χ3v) is 2.92. The van der Waals surface area contributed by atoms with Crippen molar-refractivity contribution in [1.82, 2.24) is 10.6 Å². The van der Waals surface area contributed by atoms with Crippen molar-refractivity contribution >= 4 is 41.7 Å². The van der Waals surface area contributed by atoms with Gasteiger partial charge in [-0.15, -0.1) is 30.6 Å². The molecule has 6 heteroatoms. The van der Waals surface area contributed by atoms with Crippen molar-refractivity contribution in [2.24, 2.45) is 4.99 Å². The van der Waals surface area contributed by atoms with Crippen LogP contribution < -0.4 is 10.6 Å². The molecule has 0 unspecified atom stereocenters. The van der Waals surface area contributed by atoms with Gasteiger partial charge < -0.3 is 15.4 Å². The van der Waals surface area contributed by atoms with Crippen LogP contribution in [0.2, 0.25) is 0 Å². The lowest BCUT2D eigenvalue weighted by atomic mass is 10.4. The first-order valence-electron chi connectivity index (χ1n) is 6.06. The van der Waals surface area contributed by atoms with E-state index in [1.165, 1.54) is 0 Å². The van der Waals surface area contributed by atoms with Crippen LogP contribution in [0, 0.1) is 0 Å². The molecule has 0 aromatic rings. The topological polar surface area (TPSA) is 45.7 Å². The molecule has 4 nitrogen and oxygen atoms in total. The summed E-state index contributed by atoms with van der Waals surface area (Å²) in [5.41, 5.74) is 0. The minimum atomic E-state index is 0. The first-order valence-corrected chi connectivity index (χ1v) is 7.21. The molecular weight excluding hydrogens is 361 g/mol. The van der Waals surface area contributed by atoms with Gasteiger partial charge in [-0.3, -0.25) is 4.99 Å². The Bertz CT molecular complexity index is 215. The van der Waals surface area contributed by atoms with E-state index in [-0.39, 0.29) is 24.0 Å². The number of rotatable bonds is 10. The molecule has 0 atom stereocenters. The molecule has 2 N–H and O–H groups in total. The first kappa shape index (κ1) is 20.4. The molecule has 0 saturated heterocycles. The van der Waals surface area contributed by atoms with Crippen LogP contribution in [0.3, 0.4) is 0 Å². The van der Waals surface area contributed by atoms with Crippen LogP contribution in [-0.2, 0) is 4.74 Å². The van der Waals surface area contributed by atoms with Gasteiger partial charge in [-0.2, -0.15) is 11.8 Å². The zero-order valence-corrected chi connectivity index (χ0v) is 14.6. The number of nitrogens with one attached hydrogen (secondary N) is 2. The molecule has 0 bridgehead atoms. The minimum absolute atomic E-state index is 0. The van der Waals surface area contributed by atoms with Crippen molar-refractivity contribution in [1.29, 1.82) is 0 Å². The number of nitrogens with zero attached hydrogens (tertiary/aromatic N) is 1. The van der Waals surface area contributed by atoms with E-state index in [1.807, 2.05) is 24.8 Å². The molecule has 0 spiro atoms. The molecule has 108 valence electrons. The molecular formula is C12H26IN3OS. The fraction of sp³-hybridized carbons (Fsp3) is 0.750. The summed E-state index contributed by atoms with van der Waals surface area (Å²) in [7, 11) is 1.79. The molecule has 0 rings (SSSR count). The van der Waals surface area contributed by atoms with Gasteiger partial charge in [-0.25, -0.2) is 0 Å². The Balaban J connectivity index is 0. The summed E-state index contributed by atoms with van der Waals surface area (Å²) in [4.78, 5) is 4.15. The lowest BCUT2D eigenvalue weighted by Gasteiger charge is -2.11.